The van der Waals surface area contributed by atoms with Gasteiger partial charge in [0.05, 0.1) is 13.3 Å². The summed E-state index contributed by atoms with van der Waals surface area (Å²) in [5.74, 6) is 6.41. The zero-order chi connectivity index (χ0) is 16.6. The molecule has 24 heavy (non-hydrogen) atoms. The van der Waals surface area contributed by atoms with Crippen molar-refractivity contribution in [3.63, 3.8) is 0 Å². The van der Waals surface area contributed by atoms with Gasteiger partial charge in [-0.1, -0.05) is 24.1 Å². The number of pyridine rings is 1. The number of nitrogens with zero attached hydrogens (tertiary/aromatic N) is 3. The number of rotatable bonds is 5. The average Bonchev–Trinajstić information content (AvgIpc) is 2.64. The number of fused-ring (bicyclic) bond motifs is 1. The quantitative estimate of drug-likeness (QED) is 0.533. The second kappa shape index (κ2) is 8.02. The van der Waals surface area contributed by atoms with E-state index in [1.807, 2.05) is 36.4 Å². The molecule has 1 aromatic carbocycles. The van der Waals surface area contributed by atoms with E-state index in [9.17, 15) is 4.39 Å². The van der Waals surface area contributed by atoms with Gasteiger partial charge in [0.25, 0.3) is 0 Å². The van der Waals surface area contributed by atoms with Gasteiger partial charge in [0.15, 0.2) is 11.3 Å². The van der Waals surface area contributed by atoms with Crippen molar-refractivity contribution >= 4 is 11.2 Å². The number of unbranched alkanes of at least 4 members (excludes halogenated alkanes) is 1. The van der Waals surface area contributed by atoms with Crippen LogP contribution in [0.15, 0.2) is 48.7 Å². The third-order valence-corrected chi connectivity index (χ3v) is 3.27. The largest absolute Gasteiger partial charge is 0.476 e. The van der Waals surface area contributed by atoms with Crippen molar-refractivity contribution in [2.45, 2.75) is 12.8 Å². The molecule has 0 aliphatic heterocycles. The van der Waals surface area contributed by atoms with Gasteiger partial charge in [-0.3, -0.25) is 4.39 Å². The molecule has 2 heterocycles. The van der Waals surface area contributed by atoms with Crippen LogP contribution in [-0.4, -0.2) is 28.2 Å². The molecule has 0 spiro atoms. The molecule has 0 N–H and O–H groups in total. The van der Waals surface area contributed by atoms with Crippen LogP contribution in [0.1, 0.15) is 24.1 Å². The Morgan fingerprint density at radius 3 is 2.67 bits per heavy atom. The first-order chi connectivity index (χ1) is 11.9. The molecular weight excluding hydrogens is 304 g/mol. The highest BCUT2D eigenvalue weighted by Gasteiger charge is 2.09. The molecule has 0 saturated heterocycles. The minimum atomic E-state index is -0.350. The highest BCUT2D eigenvalue weighted by Crippen LogP contribution is 2.17. The Bertz CT molecular complexity index is 872. The molecular formula is C19H16FN3O. The van der Waals surface area contributed by atoms with Crippen LogP contribution in [0.2, 0.25) is 0 Å². The Hall–Kier alpha value is -3.00. The van der Waals surface area contributed by atoms with E-state index in [1.165, 1.54) is 0 Å². The van der Waals surface area contributed by atoms with Gasteiger partial charge in [-0.15, -0.1) is 0 Å². The summed E-state index contributed by atoms with van der Waals surface area (Å²) >= 11 is 0. The second-order valence-electron chi connectivity index (χ2n) is 5.08. The fourth-order valence-corrected chi connectivity index (χ4v) is 2.08. The van der Waals surface area contributed by atoms with Crippen LogP contribution in [-0.2, 0) is 0 Å². The Labute approximate surface area is 139 Å². The van der Waals surface area contributed by atoms with Crippen LogP contribution >= 0.6 is 0 Å². The summed E-state index contributed by atoms with van der Waals surface area (Å²) in [7, 11) is 0. The molecule has 0 amide bonds. The fraction of sp³-hybridized carbons (Fsp3) is 0.211. The summed E-state index contributed by atoms with van der Waals surface area (Å²) in [5.41, 5.74) is 2.48. The number of hydrogen-bond acceptors (Lipinski definition) is 4. The molecule has 0 aliphatic rings. The zero-order valence-electron chi connectivity index (χ0n) is 13.1. The summed E-state index contributed by atoms with van der Waals surface area (Å²) in [5, 5.41) is 0. The average molecular weight is 320 g/mol. The summed E-state index contributed by atoms with van der Waals surface area (Å²) in [6, 6.07) is 13.2. The molecule has 4 nitrogen and oxygen atoms in total. The SMILES string of the molecule is [18F]CCCCOc1nc2cccnc2nc1C#Cc1ccccc1. The molecule has 0 unspecified atom stereocenters. The summed E-state index contributed by atoms with van der Waals surface area (Å²) in [4.78, 5) is 13.1. The van der Waals surface area contributed by atoms with Crippen LogP contribution < -0.4 is 4.74 Å². The van der Waals surface area contributed by atoms with E-state index in [2.05, 4.69) is 26.8 Å². The maximum Gasteiger partial charge on any atom is 0.249 e. The number of ether oxygens (including phenoxy) is 1. The molecule has 0 radical (unpaired) electrons. The first kappa shape index (κ1) is 15.9. The topological polar surface area (TPSA) is 47.9 Å². The molecule has 5 heteroatoms. The molecule has 2 aromatic heterocycles. The molecule has 120 valence electrons. The van der Waals surface area contributed by atoms with Crippen LogP contribution in [0.4, 0.5) is 4.39 Å². The molecule has 0 aliphatic carbocycles. The predicted molar refractivity (Wildman–Crippen MR) is 90.5 cm³/mol. The van der Waals surface area contributed by atoms with E-state index in [-0.39, 0.29) is 6.67 Å². The number of benzene rings is 1. The number of hydrogen-bond donors (Lipinski definition) is 0. The van der Waals surface area contributed by atoms with Crippen molar-refractivity contribution < 1.29 is 9.13 Å². The molecule has 3 aromatic rings. The van der Waals surface area contributed by atoms with Crippen LogP contribution in [0.5, 0.6) is 5.88 Å². The molecule has 0 fully saturated rings. The Kier molecular flexibility index (Phi) is 5.31. The van der Waals surface area contributed by atoms with Crippen molar-refractivity contribution in [3.8, 4) is 17.7 Å². The third-order valence-electron chi connectivity index (χ3n) is 3.27. The van der Waals surface area contributed by atoms with E-state index in [4.69, 9.17) is 4.74 Å². The first-order valence-electron chi connectivity index (χ1n) is 7.75. The maximum absolute atomic E-state index is 12.2. The van der Waals surface area contributed by atoms with Crippen LogP contribution in [0.3, 0.4) is 0 Å². The summed E-state index contributed by atoms with van der Waals surface area (Å²) in [6.45, 7) is 0.0295. The van der Waals surface area contributed by atoms with Gasteiger partial charge in [-0.2, -0.15) is 0 Å². The van der Waals surface area contributed by atoms with Crippen molar-refractivity contribution in [3.05, 3.63) is 59.9 Å². The molecule has 0 saturated carbocycles. The normalized spacial score (nSPS) is 10.2. The predicted octanol–water partition coefficient (Wildman–Crippen LogP) is 3.55. The highest BCUT2D eigenvalue weighted by molar-refractivity contribution is 5.71. The fourth-order valence-electron chi connectivity index (χ4n) is 2.08. The van der Waals surface area contributed by atoms with E-state index in [0.29, 0.717) is 42.2 Å². The van der Waals surface area contributed by atoms with Gasteiger partial charge in [-0.25, -0.2) is 15.0 Å². The van der Waals surface area contributed by atoms with Gasteiger partial charge in [0, 0.05) is 11.8 Å². The van der Waals surface area contributed by atoms with E-state index in [1.54, 1.807) is 12.3 Å². The van der Waals surface area contributed by atoms with Crippen molar-refractivity contribution in [1.29, 1.82) is 0 Å². The van der Waals surface area contributed by atoms with Gasteiger partial charge in [0.1, 0.15) is 5.52 Å². The minimum absolute atomic E-state index is 0.350. The van der Waals surface area contributed by atoms with Gasteiger partial charge in [-0.05, 0) is 43.0 Å². The van der Waals surface area contributed by atoms with Crippen molar-refractivity contribution in [2.75, 3.05) is 13.3 Å². The Balaban J connectivity index is 1.92. The lowest BCUT2D eigenvalue weighted by molar-refractivity contribution is 0.286. The minimum Gasteiger partial charge on any atom is -0.476 e. The van der Waals surface area contributed by atoms with Crippen LogP contribution in [0.25, 0.3) is 11.2 Å². The van der Waals surface area contributed by atoms with Crippen molar-refractivity contribution in [1.82, 2.24) is 15.0 Å². The Morgan fingerprint density at radius 1 is 0.958 bits per heavy atom. The van der Waals surface area contributed by atoms with Gasteiger partial charge in [0.2, 0.25) is 5.88 Å². The summed E-state index contributed by atoms with van der Waals surface area (Å²) < 4.78 is 17.9. The maximum atomic E-state index is 12.2. The first-order valence-corrected chi connectivity index (χ1v) is 7.75. The molecule has 0 bridgehead atoms. The standard InChI is InChI=1S/C19H16FN3O/c20-12-4-5-14-24-19-17(11-10-15-7-2-1-3-8-15)22-18-16(23-19)9-6-13-21-18/h1-3,6-9,13H,4-5,12,14H2/i20-1. The smallest absolute Gasteiger partial charge is 0.249 e. The molecule has 3 rings (SSSR count). The number of halogens is 1. The summed E-state index contributed by atoms with van der Waals surface area (Å²) in [6.07, 6.45) is 2.75. The van der Waals surface area contributed by atoms with E-state index in [0.717, 1.165) is 5.56 Å². The Morgan fingerprint density at radius 2 is 1.83 bits per heavy atom. The van der Waals surface area contributed by atoms with Crippen molar-refractivity contribution in [2.24, 2.45) is 0 Å². The second-order valence-corrected chi connectivity index (χ2v) is 5.08. The number of alkyl halides is 1. The van der Waals surface area contributed by atoms with Crippen LogP contribution in [0, 0.1) is 11.8 Å². The van der Waals surface area contributed by atoms with E-state index < -0.39 is 0 Å². The van der Waals surface area contributed by atoms with Gasteiger partial charge >= 0.3 is 0 Å². The zero-order valence-corrected chi connectivity index (χ0v) is 13.1. The lowest BCUT2D eigenvalue weighted by atomic mass is 10.2. The van der Waals surface area contributed by atoms with Gasteiger partial charge < -0.3 is 4.74 Å². The number of aromatic nitrogens is 3. The highest BCUT2D eigenvalue weighted by atomic mass is 18.2. The lowest BCUT2D eigenvalue weighted by Crippen LogP contribution is -2.04. The monoisotopic (exact) mass is 320 g/mol. The third kappa shape index (κ3) is 4.05. The molecule has 0 atom stereocenters. The van der Waals surface area contributed by atoms with E-state index >= 15 is 0 Å². The lowest BCUT2D eigenvalue weighted by Gasteiger charge is -2.07.